The van der Waals surface area contributed by atoms with E-state index in [1.165, 1.54) is 5.56 Å². The van der Waals surface area contributed by atoms with Crippen molar-refractivity contribution >= 4 is 5.96 Å². The molecule has 1 fully saturated rings. The van der Waals surface area contributed by atoms with Crippen molar-refractivity contribution < 1.29 is 14.2 Å². The van der Waals surface area contributed by atoms with Crippen molar-refractivity contribution in [2.75, 3.05) is 33.9 Å². The highest BCUT2D eigenvalue weighted by Crippen LogP contribution is 2.23. The fraction of sp³-hybridized carbons (Fsp3) is 0.682. The predicted molar refractivity (Wildman–Crippen MR) is 114 cm³/mol. The van der Waals surface area contributed by atoms with Gasteiger partial charge in [-0.1, -0.05) is 32.9 Å². The summed E-state index contributed by atoms with van der Waals surface area (Å²) < 4.78 is 17.4. The van der Waals surface area contributed by atoms with Crippen LogP contribution in [0.1, 0.15) is 44.7 Å². The molecule has 1 aliphatic rings. The Kier molecular flexibility index (Phi) is 8.58. The molecular formula is C22H37N3O3. The van der Waals surface area contributed by atoms with Gasteiger partial charge in [0.25, 0.3) is 0 Å². The molecule has 28 heavy (non-hydrogen) atoms. The molecule has 2 atom stereocenters. The summed E-state index contributed by atoms with van der Waals surface area (Å²) in [6.07, 6.45) is 2.49. The quantitative estimate of drug-likeness (QED) is 0.526. The molecule has 1 aromatic rings. The zero-order chi connectivity index (χ0) is 20.6. The van der Waals surface area contributed by atoms with E-state index in [9.17, 15) is 0 Å². The standard InChI is InChI=1S/C22H37N3O3/c1-16-9-10-17(19(12-16)28-15-18-8-7-11-27-18)13-24-21(23-5)25-14-20(26-6)22(2,3)4/h9-10,12,18,20H,7-8,11,13-15H2,1-6H3,(H2,23,24,25). The molecule has 2 unspecified atom stereocenters. The summed E-state index contributed by atoms with van der Waals surface area (Å²) in [5.74, 6) is 1.65. The molecule has 0 bridgehead atoms. The van der Waals surface area contributed by atoms with Crippen LogP contribution in [0, 0.1) is 12.3 Å². The van der Waals surface area contributed by atoms with Crippen LogP contribution in [0.15, 0.2) is 23.2 Å². The number of aryl methyl sites for hydroxylation is 1. The van der Waals surface area contributed by atoms with Crippen LogP contribution in [0.4, 0.5) is 0 Å². The molecule has 1 heterocycles. The van der Waals surface area contributed by atoms with E-state index in [0.29, 0.717) is 19.7 Å². The number of methoxy groups -OCH3 is 1. The number of nitrogens with zero attached hydrogens (tertiary/aromatic N) is 1. The van der Waals surface area contributed by atoms with E-state index in [-0.39, 0.29) is 17.6 Å². The molecule has 0 aromatic heterocycles. The Morgan fingerprint density at radius 2 is 2.11 bits per heavy atom. The second kappa shape index (κ2) is 10.7. The molecule has 1 saturated heterocycles. The summed E-state index contributed by atoms with van der Waals surface area (Å²) in [5, 5.41) is 6.73. The van der Waals surface area contributed by atoms with Gasteiger partial charge in [0, 0.05) is 39.4 Å². The molecule has 6 heteroatoms. The van der Waals surface area contributed by atoms with Gasteiger partial charge in [0.05, 0.1) is 12.2 Å². The normalized spacial score (nSPS) is 18.8. The molecule has 1 aromatic carbocycles. The number of ether oxygens (including phenoxy) is 3. The monoisotopic (exact) mass is 391 g/mol. The molecule has 158 valence electrons. The first-order valence-electron chi connectivity index (χ1n) is 10.1. The van der Waals surface area contributed by atoms with Crippen LogP contribution in [-0.4, -0.2) is 52.1 Å². The zero-order valence-electron chi connectivity index (χ0n) is 18.3. The Balaban J connectivity index is 1.92. The first-order valence-corrected chi connectivity index (χ1v) is 10.1. The van der Waals surface area contributed by atoms with Gasteiger partial charge < -0.3 is 24.8 Å². The Morgan fingerprint density at radius 1 is 1.32 bits per heavy atom. The average molecular weight is 392 g/mol. The Labute approximate surface area is 170 Å². The highest BCUT2D eigenvalue weighted by atomic mass is 16.5. The van der Waals surface area contributed by atoms with E-state index >= 15 is 0 Å². The SMILES string of the molecule is CN=C(NCc1ccc(C)cc1OCC1CCCO1)NCC(OC)C(C)(C)C. The second-order valence-corrected chi connectivity index (χ2v) is 8.45. The summed E-state index contributed by atoms with van der Waals surface area (Å²) >= 11 is 0. The van der Waals surface area contributed by atoms with Gasteiger partial charge in [-0.3, -0.25) is 4.99 Å². The lowest BCUT2D eigenvalue weighted by molar-refractivity contribution is 0.0205. The van der Waals surface area contributed by atoms with Crippen LogP contribution < -0.4 is 15.4 Å². The molecule has 2 N–H and O–H groups in total. The Bertz CT molecular complexity index is 634. The topological polar surface area (TPSA) is 64.1 Å². The number of hydrogen-bond donors (Lipinski definition) is 2. The zero-order valence-corrected chi connectivity index (χ0v) is 18.3. The van der Waals surface area contributed by atoms with Gasteiger partial charge in [0.15, 0.2) is 5.96 Å². The van der Waals surface area contributed by atoms with Gasteiger partial charge in [-0.05, 0) is 36.8 Å². The predicted octanol–water partition coefficient (Wildman–Crippen LogP) is 3.28. The highest BCUT2D eigenvalue weighted by molar-refractivity contribution is 5.79. The third-order valence-electron chi connectivity index (χ3n) is 5.05. The highest BCUT2D eigenvalue weighted by Gasteiger charge is 2.24. The third kappa shape index (κ3) is 6.99. The van der Waals surface area contributed by atoms with E-state index < -0.39 is 0 Å². The first kappa shape index (κ1) is 22.5. The summed E-state index contributed by atoms with van der Waals surface area (Å²) in [7, 11) is 3.52. The van der Waals surface area contributed by atoms with Crippen LogP contribution in [-0.2, 0) is 16.0 Å². The summed E-state index contributed by atoms with van der Waals surface area (Å²) in [6.45, 7) is 11.4. The summed E-state index contributed by atoms with van der Waals surface area (Å²) in [5.41, 5.74) is 2.34. The van der Waals surface area contributed by atoms with Gasteiger partial charge >= 0.3 is 0 Å². The summed E-state index contributed by atoms with van der Waals surface area (Å²) in [6, 6.07) is 6.29. The van der Waals surface area contributed by atoms with Gasteiger partial charge in [0.1, 0.15) is 12.4 Å². The smallest absolute Gasteiger partial charge is 0.191 e. The number of guanidine groups is 1. The number of benzene rings is 1. The molecule has 0 saturated carbocycles. The van der Waals surface area contributed by atoms with Crippen molar-refractivity contribution in [3.63, 3.8) is 0 Å². The maximum absolute atomic E-state index is 6.08. The lowest BCUT2D eigenvalue weighted by Crippen LogP contribution is -2.45. The molecule has 2 rings (SSSR count). The lowest BCUT2D eigenvalue weighted by atomic mass is 9.89. The van der Waals surface area contributed by atoms with Crippen LogP contribution in [0.5, 0.6) is 5.75 Å². The van der Waals surface area contributed by atoms with Crippen molar-refractivity contribution in [1.82, 2.24) is 10.6 Å². The minimum Gasteiger partial charge on any atom is -0.491 e. The molecule has 6 nitrogen and oxygen atoms in total. The van der Waals surface area contributed by atoms with Crippen molar-refractivity contribution in [3.8, 4) is 5.75 Å². The Morgan fingerprint density at radius 3 is 2.71 bits per heavy atom. The van der Waals surface area contributed by atoms with E-state index in [1.807, 2.05) is 0 Å². The maximum Gasteiger partial charge on any atom is 0.191 e. The van der Waals surface area contributed by atoms with Gasteiger partial charge in [-0.15, -0.1) is 0 Å². The van der Waals surface area contributed by atoms with Crippen molar-refractivity contribution in [2.45, 2.75) is 59.3 Å². The van der Waals surface area contributed by atoms with E-state index in [0.717, 1.165) is 36.7 Å². The number of hydrogen-bond acceptors (Lipinski definition) is 4. The van der Waals surface area contributed by atoms with Crippen LogP contribution in [0.3, 0.4) is 0 Å². The van der Waals surface area contributed by atoms with Crippen molar-refractivity contribution in [1.29, 1.82) is 0 Å². The minimum atomic E-state index is 0.0564. The van der Waals surface area contributed by atoms with Crippen LogP contribution in [0.25, 0.3) is 0 Å². The molecule has 0 aliphatic carbocycles. The molecular weight excluding hydrogens is 354 g/mol. The third-order valence-corrected chi connectivity index (χ3v) is 5.05. The first-order chi connectivity index (χ1) is 13.3. The lowest BCUT2D eigenvalue weighted by Gasteiger charge is -2.30. The molecule has 0 amide bonds. The maximum atomic E-state index is 6.08. The molecule has 0 spiro atoms. The van der Waals surface area contributed by atoms with E-state index in [4.69, 9.17) is 14.2 Å². The fourth-order valence-corrected chi connectivity index (χ4v) is 3.23. The molecule has 0 radical (unpaired) electrons. The van der Waals surface area contributed by atoms with E-state index in [1.54, 1.807) is 14.2 Å². The largest absolute Gasteiger partial charge is 0.491 e. The number of aliphatic imine (C=N–C) groups is 1. The summed E-state index contributed by atoms with van der Waals surface area (Å²) in [4.78, 5) is 4.33. The van der Waals surface area contributed by atoms with Crippen LogP contribution >= 0.6 is 0 Å². The second-order valence-electron chi connectivity index (χ2n) is 8.45. The van der Waals surface area contributed by atoms with Gasteiger partial charge in [0.2, 0.25) is 0 Å². The minimum absolute atomic E-state index is 0.0564. The van der Waals surface area contributed by atoms with Crippen molar-refractivity contribution in [2.24, 2.45) is 10.4 Å². The Hall–Kier alpha value is -1.79. The fourth-order valence-electron chi connectivity index (χ4n) is 3.23. The van der Waals surface area contributed by atoms with Crippen molar-refractivity contribution in [3.05, 3.63) is 29.3 Å². The van der Waals surface area contributed by atoms with Gasteiger partial charge in [-0.2, -0.15) is 0 Å². The number of rotatable bonds is 8. The number of nitrogens with one attached hydrogen (secondary N) is 2. The van der Waals surface area contributed by atoms with Gasteiger partial charge in [-0.25, -0.2) is 0 Å². The molecule has 1 aliphatic heterocycles. The average Bonchev–Trinajstić information content (AvgIpc) is 3.16. The van der Waals surface area contributed by atoms with E-state index in [2.05, 4.69) is 61.5 Å². The van der Waals surface area contributed by atoms with Crippen LogP contribution in [0.2, 0.25) is 0 Å².